The number of Topliss-reactive ketones (excluding diaryl/α,β-unsaturated/α-hetero) is 1. The van der Waals surface area contributed by atoms with Crippen LogP contribution in [0.3, 0.4) is 0 Å². The van der Waals surface area contributed by atoms with Crippen LogP contribution in [0.4, 0.5) is 10.9 Å². The summed E-state index contributed by atoms with van der Waals surface area (Å²) in [6, 6.07) is 13.6. The van der Waals surface area contributed by atoms with Crippen LogP contribution in [0.1, 0.15) is 43.7 Å². The minimum Gasteiger partial charge on any atom is -0.384 e. The molecule has 1 atom stereocenters. The van der Waals surface area contributed by atoms with E-state index in [1.807, 2.05) is 31.2 Å². The third-order valence-corrected chi connectivity index (χ3v) is 9.30. The highest BCUT2D eigenvalue weighted by atomic mass is 79.9. The number of aromatic nitrogens is 3. The van der Waals surface area contributed by atoms with Crippen LogP contribution in [0, 0.1) is 23.7 Å². The van der Waals surface area contributed by atoms with Crippen molar-refractivity contribution < 1.29 is 9.59 Å². The predicted molar refractivity (Wildman–Crippen MR) is 159 cm³/mol. The largest absolute Gasteiger partial charge is 0.384 e. The van der Waals surface area contributed by atoms with Crippen molar-refractivity contribution in [2.45, 2.75) is 43.9 Å². The number of carbonyl (C=O) groups is 2. The van der Waals surface area contributed by atoms with Crippen molar-refractivity contribution in [2.24, 2.45) is 11.1 Å². The minimum absolute atomic E-state index is 0.00193. The zero-order valence-electron chi connectivity index (χ0n) is 22.1. The van der Waals surface area contributed by atoms with Gasteiger partial charge in [-0.25, -0.2) is 4.98 Å². The van der Waals surface area contributed by atoms with Crippen molar-refractivity contribution in [2.75, 3.05) is 16.0 Å². The number of nitrogens with two attached hydrogens (primary N) is 1. The number of hydrogen-bond acceptors (Lipinski definition) is 10. The number of pyridine rings is 1. The Bertz CT molecular complexity index is 1600. The average molecular weight is 637 g/mol. The summed E-state index contributed by atoms with van der Waals surface area (Å²) in [5.74, 6) is 0.0314. The van der Waals surface area contributed by atoms with Gasteiger partial charge in [0.25, 0.3) is 0 Å². The van der Waals surface area contributed by atoms with Gasteiger partial charge in [0, 0.05) is 28.4 Å². The molecular weight excluding hydrogens is 610 g/mol. The molecule has 5 rings (SSSR count). The monoisotopic (exact) mass is 635 g/mol. The quantitative estimate of drug-likeness (QED) is 0.328. The Balaban J connectivity index is 1.47. The van der Waals surface area contributed by atoms with Gasteiger partial charge in [0.15, 0.2) is 10.1 Å². The van der Waals surface area contributed by atoms with E-state index in [-0.39, 0.29) is 28.7 Å². The molecule has 1 amide bonds. The lowest BCUT2D eigenvalue weighted by Gasteiger charge is -2.42. The molecule has 12 heteroatoms. The minimum atomic E-state index is -0.543. The van der Waals surface area contributed by atoms with E-state index in [0.717, 1.165) is 21.3 Å². The van der Waals surface area contributed by atoms with Crippen molar-refractivity contribution in [3.05, 3.63) is 80.9 Å². The van der Waals surface area contributed by atoms with E-state index >= 15 is 0 Å². The summed E-state index contributed by atoms with van der Waals surface area (Å²) in [7, 11) is 0. The maximum atomic E-state index is 13.7. The number of rotatable bonds is 6. The zero-order valence-corrected chi connectivity index (χ0v) is 25.3. The van der Waals surface area contributed by atoms with Gasteiger partial charge in [-0.2, -0.15) is 5.26 Å². The number of aryl methyl sites for hydroxylation is 1. The number of benzene rings is 1. The number of nitriles is 1. The second-order valence-electron chi connectivity index (χ2n) is 10.4. The Kier molecular flexibility index (Phi) is 7.81. The molecule has 2 aromatic heterocycles. The topological polar surface area (TPSA) is 138 Å². The smallest absolute Gasteiger partial charge is 0.235 e. The number of nitrogens with zero attached hydrogens (tertiary/aromatic N) is 5. The molecule has 3 N–H and O–H groups in total. The van der Waals surface area contributed by atoms with Crippen LogP contribution in [-0.2, 0) is 9.59 Å². The number of nitrogens with one attached hydrogen (secondary N) is 1. The zero-order chi connectivity index (χ0) is 28.6. The molecule has 0 saturated carbocycles. The van der Waals surface area contributed by atoms with E-state index in [1.54, 1.807) is 23.2 Å². The van der Waals surface area contributed by atoms with Crippen molar-refractivity contribution in [1.29, 1.82) is 5.26 Å². The molecule has 1 aromatic carbocycles. The molecular formula is C28H26BrN7O2S2. The lowest BCUT2D eigenvalue weighted by Crippen LogP contribution is -2.42. The van der Waals surface area contributed by atoms with Crippen molar-refractivity contribution in [3.63, 3.8) is 0 Å². The van der Waals surface area contributed by atoms with Gasteiger partial charge in [0.2, 0.25) is 11.0 Å². The van der Waals surface area contributed by atoms with E-state index in [0.29, 0.717) is 39.3 Å². The van der Waals surface area contributed by atoms with Crippen LogP contribution in [0.5, 0.6) is 0 Å². The molecule has 3 heterocycles. The number of thioether (sulfide) groups is 1. The van der Waals surface area contributed by atoms with Crippen molar-refractivity contribution in [3.8, 4) is 6.07 Å². The Morgan fingerprint density at radius 2 is 2.05 bits per heavy atom. The van der Waals surface area contributed by atoms with Gasteiger partial charge >= 0.3 is 0 Å². The highest BCUT2D eigenvalue weighted by Crippen LogP contribution is 2.51. The number of halogens is 1. The van der Waals surface area contributed by atoms with Gasteiger partial charge in [0.05, 0.1) is 23.3 Å². The van der Waals surface area contributed by atoms with E-state index in [1.165, 1.54) is 23.1 Å². The fourth-order valence-corrected chi connectivity index (χ4v) is 6.97. The fourth-order valence-electron chi connectivity index (χ4n) is 5.06. The van der Waals surface area contributed by atoms with Gasteiger partial charge < -0.3 is 11.1 Å². The van der Waals surface area contributed by atoms with E-state index in [4.69, 9.17) is 5.73 Å². The summed E-state index contributed by atoms with van der Waals surface area (Å²) in [4.78, 5) is 32.0. The molecule has 3 aromatic rings. The Hall–Kier alpha value is -3.53. The Morgan fingerprint density at radius 3 is 2.75 bits per heavy atom. The third kappa shape index (κ3) is 5.54. The van der Waals surface area contributed by atoms with Gasteiger partial charge in [0.1, 0.15) is 11.6 Å². The number of carbonyl (C=O) groups excluding carboxylic acids is 2. The number of anilines is 2. The van der Waals surface area contributed by atoms with Crippen LogP contribution in [0.25, 0.3) is 0 Å². The normalized spacial score (nSPS) is 18.4. The molecule has 0 bridgehead atoms. The summed E-state index contributed by atoms with van der Waals surface area (Å²) in [5, 5.41) is 22.1. The first kappa shape index (κ1) is 28.0. The molecule has 1 aliphatic heterocycles. The maximum absolute atomic E-state index is 13.7. The Morgan fingerprint density at radius 1 is 1.27 bits per heavy atom. The molecule has 40 heavy (non-hydrogen) atoms. The number of amides is 1. The van der Waals surface area contributed by atoms with Crippen LogP contribution >= 0.6 is 39.0 Å². The highest BCUT2D eigenvalue weighted by molar-refractivity contribution is 9.10. The molecule has 0 fully saturated rings. The molecule has 0 spiro atoms. The van der Waals surface area contributed by atoms with Gasteiger partial charge in [-0.15, -0.1) is 10.2 Å². The predicted octanol–water partition coefficient (Wildman–Crippen LogP) is 5.68. The van der Waals surface area contributed by atoms with Crippen LogP contribution in [-0.4, -0.2) is 32.6 Å². The Labute approximate surface area is 248 Å². The molecule has 1 aliphatic carbocycles. The molecule has 2 aliphatic rings. The first-order valence-electron chi connectivity index (χ1n) is 12.5. The first-order valence-corrected chi connectivity index (χ1v) is 15.1. The molecule has 0 radical (unpaired) electrons. The van der Waals surface area contributed by atoms with Crippen molar-refractivity contribution >= 4 is 61.7 Å². The third-order valence-electron chi connectivity index (χ3n) is 6.79. The second kappa shape index (κ2) is 11.2. The second-order valence-corrected chi connectivity index (χ2v) is 13.5. The molecule has 9 nitrogen and oxygen atoms in total. The number of hydrogen-bond donors (Lipinski definition) is 2. The number of ketones is 1. The number of allylic oxidation sites excluding steroid dienone is 3. The SMILES string of the molecule is Cc1ccccc1C1C(C#N)=C(N)N(c2nnc(SCC(=O)Nc3ccc(Br)cn3)s2)C2=C1C(=O)CC(C)(C)C2. The summed E-state index contributed by atoms with van der Waals surface area (Å²) in [6.07, 6.45) is 2.57. The lowest BCUT2D eigenvalue weighted by atomic mass is 9.68. The molecule has 0 saturated heterocycles. The van der Waals surface area contributed by atoms with Gasteiger partial charge in [-0.3, -0.25) is 14.5 Å². The van der Waals surface area contributed by atoms with Crippen LogP contribution < -0.4 is 16.0 Å². The van der Waals surface area contributed by atoms with E-state index in [2.05, 4.69) is 56.3 Å². The summed E-state index contributed by atoms with van der Waals surface area (Å²) in [6.45, 7) is 6.08. The summed E-state index contributed by atoms with van der Waals surface area (Å²) >= 11 is 5.82. The summed E-state index contributed by atoms with van der Waals surface area (Å²) < 4.78 is 1.38. The average Bonchev–Trinajstić information content (AvgIpc) is 3.36. The summed E-state index contributed by atoms with van der Waals surface area (Å²) in [5.41, 5.74) is 9.93. The standard InChI is InChI=1S/C28H26BrN7O2S2/c1-15-6-4-5-7-17(15)23-18(12-30)25(31)36(19-10-28(2,3)11-20(37)24(19)23)26-34-35-27(40-26)39-14-22(38)33-21-9-8-16(29)13-32-21/h4-9,13,23H,10-11,14,31H2,1-3H3,(H,32,33,38). The van der Waals surface area contributed by atoms with Crippen molar-refractivity contribution in [1.82, 2.24) is 15.2 Å². The van der Waals surface area contributed by atoms with Crippen LogP contribution in [0.2, 0.25) is 0 Å². The van der Waals surface area contributed by atoms with Crippen LogP contribution in [0.15, 0.2) is 74.1 Å². The van der Waals surface area contributed by atoms with E-state index in [9.17, 15) is 14.9 Å². The lowest BCUT2D eigenvalue weighted by molar-refractivity contribution is -0.118. The maximum Gasteiger partial charge on any atom is 0.235 e. The first-order chi connectivity index (χ1) is 19.1. The molecule has 204 valence electrons. The van der Waals surface area contributed by atoms with Gasteiger partial charge in [-0.1, -0.05) is 61.2 Å². The fraction of sp³-hybridized carbons (Fsp3) is 0.286. The molecule has 1 unspecified atom stereocenters. The van der Waals surface area contributed by atoms with E-state index < -0.39 is 5.92 Å². The highest BCUT2D eigenvalue weighted by Gasteiger charge is 2.45. The van der Waals surface area contributed by atoms with Gasteiger partial charge in [-0.05, 0) is 57.9 Å².